The maximum Gasteiger partial charge on any atom is 0.216 e. The van der Waals surface area contributed by atoms with Crippen molar-refractivity contribution in [3.8, 4) is 22.4 Å². The molecule has 2 aliphatic carbocycles. The average molecular weight is 487 g/mol. The Kier molecular flexibility index (Phi) is 4.66. The molecule has 2 aromatic heterocycles. The van der Waals surface area contributed by atoms with Crippen molar-refractivity contribution in [3.05, 3.63) is 88.6 Å². The van der Waals surface area contributed by atoms with Gasteiger partial charge in [-0.25, -0.2) is 4.57 Å². The molecule has 3 aromatic carbocycles. The Labute approximate surface area is 220 Å². The zero-order chi connectivity index (χ0) is 25.7. The SMILES string of the molecule is Cc1ccc2c(oc3c(-c4cc5c(c6c4C(C)(C)CC6(C)C)CCC5)cccc32)c1-c1cccc[n+]1C. The number of benzene rings is 3. The van der Waals surface area contributed by atoms with Gasteiger partial charge in [0.1, 0.15) is 18.2 Å². The quantitative estimate of drug-likeness (QED) is 0.229. The predicted octanol–water partition coefficient (Wildman–Crippen LogP) is 8.50. The average Bonchev–Trinajstić information content (AvgIpc) is 3.51. The van der Waals surface area contributed by atoms with E-state index in [2.05, 4.69) is 107 Å². The monoisotopic (exact) mass is 486 g/mol. The number of aryl methyl sites for hydroxylation is 3. The summed E-state index contributed by atoms with van der Waals surface area (Å²) in [6.07, 6.45) is 6.98. The molecule has 0 saturated heterocycles. The van der Waals surface area contributed by atoms with Gasteiger partial charge in [-0.2, -0.15) is 0 Å². The number of nitrogens with zero attached hydrogens (tertiary/aromatic N) is 1. The molecule has 0 bridgehead atoms. The summed E-state index contributed by atoms with van der Waals surface area (Å²) in [5.74, 6) is 0. The van der Waals surface area contributed by atoms with Crippen LogP contribution < -0.4 is 4.57 Å². The normalized spacial score (nSPS) is 17.5. The number of aromatic nitrogens is 1. The molecule has 0 atom stereocenters. The Morgan fingerprint density at radius 3 is 2.38 bits per heavy atom. The number of hydrogen-bond acceptors (Lipinski definition) is 1. The summed E-state index contributed by atoms with van der Waals surface area (Å²) < 4.78 is 9.13. The minimum atomic E-state index is 0.125. The van der Waals surface area contributed by atoms with Gasteiger partial charge < -0.3 is 4.42 Å². The molecule has 7 rings (SSSR count). The summed E-state index contributed by atoms with van der Waals surface area (Å²) in [7, 11) is 2.11. The second kappa shape index (κ2) is 7.57. The molecule has 2 aliphatic rings. The highest BCUT2D eigenvalue weighted by atomic mass is 16.3. The third kappa shape index (κ3) is 3.14. The lowest BCUT2D eigenvalue weighted by molar-refractivity contribution is -0.660. The lowest BCUT2D eigenvalue weighted by Gasteiger charge is -2.24. The molecule has 0 unspecified atom stereocenters. The van der Waals surface area contributed by atoms with E-state index in [4.69, 9.17) is 4.42 Å². The second-order valence-corrected chi connectivity index (χ2v) is 12.7. The molecule has 0 spiro atoms. The number of pyridine rings is 1. The second-order valence-electron chi connectivity index (χ2n) is 12.7. The van der Waals surface area contributed by atoms with E-state index in [1.165, 1.54) is 64.4 Å². The molecule has 0 radical (unpaired) electrons. The molecule has 2 heterocycles. The zero-order valence-electron chi connectivity index (χ0n) is 23.0. The van der Waals surface area contributed by atoms with Crippen LogP contribution in [0, 0.1) is 6.92 Å². The van der Waals surface area contributed by atoms with Gasteiger partial charge >= 0.3 is 0 Å². The Hall–Kier alpha value is -3.39. The number of para-hydroxylation sites is 1. The molecular weight excluding hydrogens is 450 g/mol. The van der Waals surface area contributed by atoms with Gasteiger partial charge in [0.05, 0.1) is 5.56 Å². The highest BCUT2D eigenvalue weighted by molar-refractivity contribution is 6.13. The maximum absolute atomic E-state index is 6.95. The third-order valence-corrected chi connectivity index (χ3v) is 9.11. The van der Waals surface area contributed by atoms with Crippen molar-refractivity contribution in [3.63, 3.8) is 0 Å². The summed E-state index contributed by atoms with van der Waals surface area (Å²) in [6, 6.07) is 20.1. The van der Waals surface area contributed by atoms with E-state index in [-0.39, 0.29) is 10.8 Å². The molecule has 0 amide bonds. The van der Waals surface area contributed by atoms with Gasteiger partial charge in [0.2, 0.25) is 5.69 Å². The molecule has 0 saturated carbocycles. The van der Waals surface area contributed by atoms with E-state index in [9.17, 15) is 0 Å². The first-order valence-corrected chi connectivity index (χ1v) is 13.8. The van der Waals surface area contributed by atoms with Crippen LogP contribution in [0.4, 0.5) is 0 Å². The smallest absolute Gasteiger partial charge is 0.216 e. The molecule has 5 aromatic rings. The predicted molar refractivity (Wildman–Crippen MR) is 153 cm³/mol. The molecule has 2 nitrogen and oxygen atoms in total. The van der Waals surface area contributed by atoms with Crippen molar-refractivity contribution in [2.45, 2.75) is 71.1 Å². The summed E-state index contributed by atoms with van der Waals surface area (Å²) >= 11 is 0. The van der Waals surface area contributed by atoms with Gasteiger partial charge in [0.25, 0.3) is 0 Å². The van der Waals surface area contributed by atoms with Crippen LogP contribution in [-0.2, 0) is 30.7 Å². The largest absolute Gasteiger partial charge is 0.454 e. The minimum absolute atomic E-state index is 0.125. The molecular formula is C35H36NO+. The van der Waals surface area contributed by atoms with Crippen molar-refractivity contribution >= 4 is 21.9 Å². The first-order chi connectivity index (χ1) is 17.7. The molecule has 0 N–H and O–H groups in total. The maximum atomic E-state index is 6.95. The summed E-state index contributed by atoms with van der Waals surface area (Å²) in [6.45, 7) is 12.0. The molecule has 0 aliphatic heterocycles. The van der Waals surface area contributed by atoms with Crippen LogP contribution in [0.25, 0.3) is 44.3 Å². The van der Waals surface area contributed by atoms with Gasteiger partial charge in [-0.3, -0.25) is 0 Å². The number of furan rings is 1. The fourth-order valence-electron chi connectivity index (χ4n) is 7.96. The van der Waals surface area contributed by atoms with Crippen LogP contribution in [0.1, 0.15) is 68.4 Å². The first-order valence-electron chi connectivity index (χ1n) is 13.8. The molecule has 2 heteroatoms. The lowest BCUT2D eigenvalue weighted by Crippen LogP contribution is -2.30. The van der Waals surface area contributed by atoms with Crippen LogP contribution in [0.15, 0.2) is 65.2 Å². The van der Waals surface area contributed by atoms with Gasteiger partial charge in [-0.05, 0) is 82.9 Å². The lowest BCUT2D eigenvalue weighted by atomic mass is 9.80. The number of rotatable bonds is 2. The van der Waals surface area contributed by atoms with E-state index >= 15 is 0 Å². The highest BCUT2D eigenvalue weighted by Crippen LogP contribution is 2.56. The standard InChI is InChI=1S/C35H36NO/c1-21-16-17-26-24-13-10-14-25(32(24)37-33(26)29(21)28-15-7-8-18-36(28)6)27-19-22-11-9-12-23(22)30-31(27)35(4,5)20-34(30,2)3/h7-8,10,13-19H,9,11-12,20H2,1-6H3/q+1. The summed E-state index contributed by atoms with van der Waals surface area (Å²) in [4.78, 5) is 0. The van der Waals surface area contributed by atoms with E-state index in [0.717, 1.165) is 11.2 Å². The topological polar surface area (TPSA) is 17.0 Å². The van der Waals surface area contributed by atoms with Crippen LogP contribution in [0.5, 0.6) is 0 Å². The van der Waals surface area contributed by atoms with Gasteiger partial charge in [0, 0.05) is 28.5 Å². The Balaban J connectivity index is 1.58. The van der Waals surface area contributed by atoms with Crippen LogP contribution >= 0.6 is 0 Å². The zero-order valence-corrected chi connectivity index (χ0v) is 23.0. The Morgan fingerprint density at radius 1 is 0.784 bits per heavy atom. The Morgan fingerprint density at radius 2 is 1.57 bits per heavy atom. The van der Waals surface area contributed by atoms with Crippen LogP contribution in [0.2, 0.25) is 0 Å². The van der Waals surface area contributed by atoms with Crippen molar-refractivity contribution in [1.29, 1.82) is 0 Å². The number of hydrogen-bond donors (Lipinski definition) is 0. The van der Waals surface area contributed by atoms with E-state index in [1.807, 2.05) is 0 Å². The van der Waals surface area contributed by atoms with E-state index in [0.29, 0.717) is 0 Å². The molecule has 37 heavy (non-hydrogen) atoms. The molecule has 0 fully saturated rings. The highest BCUT2D eigenvalue weighted by Gasteiger charge is 2.46. The Bertz CT molecular complexity index is 1750. The van der Waals surface area contributed by atoms with Crippen molar-refractivity contribution in [2.75, 3.05) is 0 Å². The fourth-order valence-corrected chi connectivity index (χ4v) is 7.96. The van der Waals surface area contributed by atoms with Crippen LogP contribution in [0.3, 0.4) is 0 Å². The molecule has 186 valence electrons. The third-order valence-electron chi connectivity index (χ3n) is 9.11. The van der Waals surface area contributed by atoms with E-state index in [1.54, 1.807) is 22.3 Å². The minimum Gasteiger partial charge on any atom is -0.454 e. The van der Waals surface area contributed by atoms with Gasteiger partial charge in [-0.15, -0.1) is 0 Å². The van der Waals surface area contributed by atoms with Crippen molar-refractivity contribution in [2.24, 2.45) is 7.05 Å². The summed E-state index contributed by atoms with van der Waals surface area (Å²) in [5.41, 5.74) is 14.9. The fraction of sp³-hybridized carbons (Fsp3) is 0.343. The number of fused-ring (bicyclic) bond motifs is 6. The summed E-state index contributed by atoms with van der Waals surface area (Å²) in [5, 5.41) is 2.40. The van der Waals surface area contributed by atoms with E-state index < -0.39 is 0 Å². The van der Waals surface area contributed by atoms with Gasteiger partial charge in [-0.1, -0.05) is 64.1 Å². The van der Waals surface area contributed by atoms with Crippen molar-refractivity contribution < 1.29 is 8.98 Å². The van der Waals surface area contributed by atoms with Crippen LogP contribution in [-0.4, -0.2) is 0 Å². The van der Waals surface area contributed by atoms with Gasteiger partial charge in [0.15, 0.2) is 6.20 Å². The van der Waals surface area contributed by atoms with Crippen molar-refractivity contribution in [1.82, 2.24) is 0 Å². The first kappa shape index (κ1) is 22.8.